The van der Waals surface area contributed by atoms with Gasteiger partial charge in [-0.15, -0.1) is 0 Å². The Bertz CT molecular complexity index is 457. The number of halogens is 1. The number of phenolic OH excluding ortho intramolecular Hbond substituents is 1. The number of allylic oxidation sites excluding steroid dienone is 2. The Morgan fingerprint density at radius 3 is 3.00 bits per heavy atom. The molecule has 3 nitrogen and oxygen atoms in total. The van der Waals surface area contributed by atoms with Crippen LogP contribution in [0.1, 0.15) is 19.3 Å². The van der Waals surface area contributed by atoms with Gasteiger partial charge in [0.15, 0.2) is 0 Å². The van der Waals surface area contributed by atoms with Crippen molar-refractivity contribution in [2.24, 2.45) is 5.92 Å². The molecule has 1 aromatic rings. The molecule has 1 aromatic carbocycles. The molecule has 0 radical (unpaired) electrons. The number of carbonyl (C=O) groups excluding carboxylic acids is 1. The maximum Gasteiger partial charge on any atom is 0.225 e. The Kier molecular flexibility index (Phi) is 3.69. The van der Waals surface area contributed by atoms with Gasteiger partial charge in [-0.2, -0.15) is 0 Å². The van der Waals surface area contributed by atoms with Crippen LogP contribution in [0.2, 0.25) is 5.02 Å². The van der Waals surface area contributed by atoms with Gasteiger partial charge >= 0.3 is 0 Å². The molecule has 0 spiro atoms. The maximum absolute atomic E-state index is 11.7. The van der Waals surface area contributed by atoms with Gasteiger partial charge in [0.25, 0.3) is 0 Å². The van der Waals surface area contributed by atoms with Gasteiger partial charge in [-0.1, -0.05) is 23.8 Å². The first-order valence-electron chi connectivity index (χ1n) is 5.60. The summed E-state index contributed by atoms with van der Waals surface area (Å²) in [4.78, 5) is 11.7. The van der Waals surface area contributed by atoms with Crippen LogP contribution in [0.25, 0.3) is 0 Å². The second kappa shape index (κ2) is 5.23. The van der Waals surface area contributed by atoms with E-state index in [1.165, 1.54) is 12.1 Å². The smallest absolute Gasteiger partial charge is 0.225 e. The predicted octanol–water partition coefficient (Wildman–Crippen LogP) is 3.34. The van der Waals surface area contributed by atoms with E-state index in [4.69, 9.17) is 11.6 Å². The lowest BCUT2D eigenvalue weighted by molar-refractivity contribution is -0.116. The first kappa shape index (κ1) is 12.0. The summed E-state index contributed by atoms with van der Waals surface area (Å²) < 4.78 is 0. The molecule has 1 atom stereocenters. The molecule has 1 aliphatic rings. The molecule has 1 unspecified atom stereocenters. The molecule has 0 heterocycles. The molecule has 0 bridgehead atoms. The van der Waals surface area contributed by atoms with Crippen molar-refractivity contribution in [1.82, 2.24) is 0 Å². The molecule has 17 heavy (non-hydrogen) atoms. The molecule has 4 heteroatoms. The highest BCUT2D eigenvalue weighted by Crippen LogP contribution is 2.27. The SMILES string of the molecule is O=C(CC1C=CCC1)Nc1ccc(O)cc1Cl. The number of rotatable bonds is 3. The number of hydrogen-bond donors (Lipinski definition) is 2. The predicted molar refractivity (Wildman–Crippen MR) is 68.2 cm³/mol. The monoisotopic (exact) mass is 251 g/mol. The summed E-state index contributed by atoms with van der Waals surface area (Å²) in [5.74, 6) is 0.381. The van der Waals surface area contributed by atoms with E-state index in [0.717, 1.165) is 12.8 Å². The van der Waals surface area contributed by atoms with Crippen LogP contribution in [0.15, 0.2) is 30.4 Å². The normalized spacial score (nSPS) is 18.3. The van der Waals surface area contributed by atoms with Crippen LogP contribution in [0.4, 0.5) is 5.69 Å². The summed E-state index contributed by atoms with van der Waals surface area (Å²) in [6.45, 7) is 0. The summed E-state index contributed by atoms with van der Waals surface area (Å²) >= 11 is 5.90. The lowest BCUT2D eigenvalue weighted by Crippen LogP contribution is -2.14. The van der Waals surface area contributed by atoms with Gasteiger partial charge in [-0.05, 0) is 30.9 Å². The van der Waals surface area contributed by atoms with Gasteiger partial charge in [0.05, 0.1) is 10.7 Å². The van der Waals surface area contributed by atoms with Crippen molar-refractivity contribution in [3.63, 3.8) is 0 Å². The number of nitrogens with one attached hydrogen (secondary N) is 1. The van der Waals surface area contributed by atoms with Crippen LogP contribution in [-0.4, -0.2) is 11.0 Å². The van der Waals surface area contributed by atoms with E-state index in [0.29, 0.717) is 23.0 Å². The quantitative estimate of drug-likeness (QED) is 0.639. The van der Waals surface area contributed by atoms with Crippen LogP contribution in [-0.2, 0) is 4.79 Å². The molecular weight excluding hydrogens is 238 g/mol. The largest absolute Gasteiger partial charge is 0.508 e. The van der Waals surface area contributed by atoms with Gasteiger partial charge in [0.1, 0.15) is 5.75 Å². The Balaban J connectivity index is 1.95. The molecule has 2 N–H and O–H groups in total. The molecule has 0 saturated heterocycles. The van der Waals surface area contributed by atoms with E-state index in [2.05, 4.69) is 17.5 Å². The number of anilines is 1. The number of benzene rings is 1. The van der Waals surface area contributed by atoms with Crippen LogP contribution in [0.5, 0.6) is 5.75 Å². The van der Waals surface area contributed by atoms with Gasteiger partial charge in [-0.25, -0.2) is 0 Å². The first-order chi connectivity index (χ1) is 8.15. The fraction of sp³-hybridized carbons (Fsp3) is 0.308. The van der Waals surface area contributed by atoms with E-state index in [9.17, 15) is 9.90 Å². The molecule has 0 aliphatic heterocycles. The topological polar surface area (TPSA) is 49.3 Å². The molecule has 0 saturated carbocycles. The molecule has 1 amide bonds. The molecule has 90 valence electrons. The zero-order chi connectivity index (χ0) is 12.3. The highest BCUT2D eigenvalue weighted by Gasteiger charge is 2.14. The number of amides is 1. The van der Waals surface area contributed by atoms with Crippen LogP contribution >= 0.6 is 11.6 Å². The average Bonchev–Trinajstić information content (AvgIpc) is 2.75. The van der Waals surface area contributed by atoms with E-state index in [-0.39, 0.29) is 11.7 Å². The van der Waals surface area contributed by atoms with Gasteiger partial charge in [0.2, 0.25) is 5.91 Å². The van der Waals surface area contributed by atoms with Crippen LogP contribution < -0.4 is 5.32 Å². The zero-order valence-corrected chi connectivity index (χ0v) is 10.1. The van der Waals surface area contributed by atoms with Crippen molar-refractivity contribution in [1.29, 1.82) is 0 Å². The number of phenols is 1. The summed E-state index contributed by atoms with van der Waals surface area (Å²) in [5, 5.41) is 12.3. The van der Waals surface area contributed by atoms with Crippen molar-refractivity contribution in [2.45, 2.75) is 19.3 Å². The second-order valence-electron chi connectivity index (χ2n) is 4.18. The third kappa shape index (κ3) is 3.24. The fourth-order valence-electron chi connectivity index (χ4n) is 1.91. The third-order valence-electron chi connectivity index (χ3n) is 2.79. The lowest BCUT2D eigenvalue weighted by atomic mass is 10.1. The van der Waals surface area contributed by atoms with Crippen molar-refractivity contribution in [3.05, 3.63) is 35.4 Å². The summed E-state index contributed by atoms with van der Waals surface area (Å²) in [6, 6.07) is 4.50. The van der Waals surface area contributed by atoms with E-state index < -0.39 is 0 Å². The van der Waals surface area contributed by atoms with Gasteiger partial charge < -0.3 is 10.4 Å². The average molecular weight is 252 g/mol. The van der Waals surface area contributed by atoms with Crippen molar-refractivity contribution >= 4 is 23.2 Å². The Morgan fingerprint density at radius 1 is 1.53 bits per heavy atom. The summed E-state index contributed by atoms with van der Waals surface area (Å²) in [7, 11) is 0. The fourth-order valence-corrected chi connectivity index (χ4v) is 2.13. The number of hydrogen-bond acceptors (Lipinski definition) is 2. The molecular formula is C13H14ClNO2. The molecule has 0 aromatic heterocycles. The Hall–Kier alpha value is -1.48. The van der Waals surface area contributed by atoms with Crippen molar-refractivity contribution in [3.8, 4) is 5.75 Å². The lowest BCUT2D eigenvalue weighted by Gasteiger charge is -2.10. The van der Waals surface area contributed by atoms with Crippen LogP contribution in [0, 0.1) is 5.92 Å². The number of aromatic hydroxyl groups is 1. The third-order valence-corrected chi connectivity index (χ3v) is 3.10. The first-order valence-corrected chi connectivity index (χ1v) is 5.98. The molecule has 0 fully saturated rings. The van der Waals surface area contributed by atoms with Crippen LogP contribution in [0.3, 0.4) is 0 Å². The maximum atomic E-state index is 11.7. The van der Waals surface area contributed by atoms with Crippen molar-refractivity contribution in [2.75, 3.05) is 5.32 Å². The zero-order valence-electron chi connectivity index (χ0n) is 9.32. The van der Waals surface area contributed by atoms with Crippen molar-refractivity contribution < 1.29 is 9.90 Å². The second-order valence-corrected chi connectivity index (χ2v) is 4.59. The highest BCUT2D eigenvalue weighted by atomic mass is 35.5. The summed E-state index contributed by atoms with van der Waals surface area (Å²) in [5.41, 5.74) is 0.538. The number of carbonyl (C=O) groups is 1. The highest BCUT2D eigenvalue weighted by molar-refractivity contribution is 6.33. The Labute approximate surface area is 105 Å². The Morgan fingerprint density at radius 2 is 2.35 bits per heavy atom. The van der Waals surface area contributed by atoms with E-state index in [1.807, 2.05) is 0 Å². The summed E-state index contributed by atoms with van der Waals surface area (Å²) in [6.07, 6.45) is 6.76. The standard InChI is InChI=1S/C13H14ClNO2/c14-11-8-10(16)5-6-12(11)15-13(17)7-9-3-1-2-4-9/h1,3,5-6,8-9,16H,2,4,7H2,(H,15,17). The molecule has 2 rings (SSSR count). The minimum Gasteiger partial charge on any atom is -0.508 e. The van der Waals surface area contributed by atoms with Gasteiger partial charge in [-0.3, -0.25) is 4.79 Å². The molecule has 1 aliphatic carbocycles. The minimum atomic E-state index is -0.0471. The van der Waals surface area contributed by atoms with E-state index in [1.54, 1.807) is 6.07 Å². The van der Waals surface area contributed by atoms with E-state index >= 15 is 0 Å². The minimum absolute atomic E-state index is 0.0471. The van der Waals surface area contributed by atoms with Gasteiger partial charge in [0, 0.05) is 12.5 Å².